The largest absolute Gasteiger partial charge is 0.371 e. The van der Waals surface area contributed by atoms with Gasteiger partial charge in [0.05, 0.1) is 6.04 Å². The van der Waals surface area contributed by atoms with Crippen molar-refractivity contribution in [2.75, 3.05) is 13.2 Å². The molecule has 2 aromatic rings. The zero-order valence-corrected chi connectivity index (χ0v) is 11.0. The van der Waals surface area contributed by atoms with Gasteiger partial charge in [-0.25, -0.2) is 0 Å². The second-order valence-electron chi connectivity index (χ2n) is 4.90. The highest BCUT2D eigenvalue weighted by atomic mass is 16.5. The van der Waals surface area contributed by atoms with Crippen LogP contribution in [-0.2, 0) is 4.74 Å². The summed E-state index contributed by atoms with van der Waals surface area (Å²) >= 11 is 0. The predicted molar refractivity (Wildman–Crippen MR) is 76.9 cm³/mol. The smallest absolute Gasteiger partial charge is 0.102 e. The molecule has 2 aromatic carbocycles. The monoisotopic (exact) mass is 253 g/mol. The Morgan fingerprint density at radius 2 is 1.47 bits per heavy atom. The van der Waals surface area contributed by atoms with Gasteiger partial charge in [0.25, 0.3) is 0 Å². The Morgan fingerprint density at radius 1 is 0.842 bits per heavy atom. The quantitative estimate of drug-likeness (QED) is 0.884. The third-order valence-corrected chi connectivity index (χ3v) is 3.57. The third-order valence-electron chi connectivity index (χ3n) is 3.57. The van der Waals surface area contributed by atoms with E-state index in [-0.39, 0.29) is 12.1 Å². The zero-order valence-electron chi connectivity index (χ0n) is 11.0. The molecular formula is C17H19NO. The fourth-order valence-electron chi connectivity index (χ4n) is 2.63. The Morgan fingerprint density at radius 3 is 2.16 bits per heavy atom. The third kappa shape index (κ3) is 2.86. The van der Waals surface area contributed by atoms with Crippen molar-refractivity contribution in [2.24, 2.45) is 0 Å². The maximum atomic E-state index is 6.09. The molecule has 0 amide bonds. The van der Waals surface area contributed by atoms with E-state index in [1.54, 1.807) is 0 Å². The van der Waals surface area contributed by atoms with Crippen LogP contribution in [0.4, 0.5) is 0 Å². The summed E-state index contributed by atoms with van der Waals surface area (Å²) in [5.41, 5.74) is 2.53. The minimum atomic E-state index is 0.0890. The first-order valence-electron chi connectivity index (χ1n) is 6.90. The second-order valence-corrected chi connectivity index (χ2v) is 4.90. The van der Waals surface area contributed by atoms with Crippen molar-refractivity contribution in [2.45, 2.75) is 18.6 Å². The van der Waals surface area contributed by atoms with Gasteiger partial charge in [0, 0.05) is 6.61 Å². The Bertz CT molecular complexity index is 450. The summed E-state index contributed by atoms with van der Waals surface area (Å²) < 4.78 is 6.09. The molecule has 3 rings (SSSR count). The molecule has 1 heterocycles. The normalized spacial score (nSPS) is 23.8. The SMILES string of the molecule is c1ccc(C2NCCCOC2c2ccccc2)cc1. The molecule has 1 aliphatic heterocycles. The summed E-state index contributed by atoms with van der Waals surface area (Å²) in [5.74, 6) is 0. The summed E-state index contributed by atoms with van der Waals surface area (Å²) in [7, 11) is 0. The van der Waals surface area contributed by atoms with E-state index in [9.17, 15) is 0 Å². The Labute approximate surface area is 114 Å². The van der Waals surface area contributed by atoms with Gasteiger partial charge in [-0.05, 0) is 24.1 Å². The molecule has 0 saturated carbocycles. The topological polar surface area (TPSA) is 21.3 Å². The Kier molecular flexibility index (Phi) is 3.92. The first-order valence-corrected chi connectivity index (χ1v) is 6.90. The molecule has 0 aliphatic carbocycles. The summed E-state index contributed by atoms with van der Waals surface area (Å²) in [5, 5.41) is 3.62. The molecule has 2 unspecified atom stereocenters. The molecule has 0 radical (unpaired) electrons. The van der Waals surface area contributed by atoms with Crippen LogP contribution in [0.5, 0.6) is 0 Å². The van der Waals surface area contributed by atoms with E-state index in [0.717, 1.165) is 19.6 Å². The molecule has 0 aromatic heterocycles. The van der Waals surface area contributed by atoms with Crippen LogP contribution in [0, 0.1) is 0 Å². The Hall–Kier alpha value is -1.64. The average Bonchev–Trinajstić information content (AvgIpc) is 2.75. The molecular weight excluding hydrogens is 234 g/mol. The van der Waals surface area contributed by atoms with Gasteiger partial charge in [-0.2, -0.15) is 0 Å². The van der Waals surface area contributed by atoms with Crippen LogP contribution >= 0.6 is 0 Å². The van der Waals surface area contributed by atoms with Crippen LogP contribution in [0.25, 0.3) is 0 Å². The highest BCUT2D eigenvalue weighted by Crippen LogP contribution is 2.33. The minimum Gasteiger partial charge on any atom is -0.371 e. The standard InChI is InChI=1S/C17H19NO/c1-3-8-14(9-4-1)16-17(19-13-7-12-18-16)15-10-5-2-6-11-15/h1-6,8-11,16-18H,7,12-13H2. The van der Waals surface area contributed by atoms with Gasteiger partial charge in [-0.3, -0.25) is 0 Å². The number of hydrogen-bond donors (Lipinski definition) is 1. The van der Waals surface area contributed by atoms with Gasteiger partial charge in [0.15, 0.2) is 0 Å². The van der Waals surface area contributed by atoms with Crippen molar-refractivity contribution >= 4 is 0 Å². The number of nitrogens with one attached hydrogen (secondary N) is 1. The van der Waals surface area contributed by atoms with Crippen molar-refractivity contribution in [1.29, 1.82) is 0 Å². The molecule has 1 N–H and O–H groups in total. The Balaban J connectivity index is 1.94. The van der Waals surface area contributed by atoms with Gasteiger partial charge >= 0.3 is 0 Å². The summed E-state index contributed by atoms with van der Waals surface area (Å²) in [4.78, 5) is 0. The molecule has 98 valence electrons. The van der Waals surface area contributed by atoms with E-state index < -0.39 is 0 Å². The van der Waals surface area contributed by atoms with Crippen LogP contribution in [0.2, 0.25) is 0 Å². The molecule has 1 aliphatic rings. The van der Waals surface area contributed by atoms with Gasteiger partial charge in [0.1, 0.15) is 6.10 Å². The molecule has 1 saturated heterocycles. The molecule has 1 fully saturated rings. The summed E-state index contributed by atoms with van der Waals surface area (Å²) in [6.45, 7) is 1.82. The lowest BCUT2D eigenvalue weighted by Crippen LogP contribution is -2.26. The average molecular weight is 253 g/mol. The van der Waals surface area contributed by atoms with E-state index in [4.69, 9.17) is 4.74 Å². The second kappa shape index (κ2) is 6.00. The van der Waals surface area contributed by atoms with Crippen molar-refractivity contribution in [3.8, 4) is 0 Å². The van der Waals surface area contributed by atoms with Crippen LogP contribution in [-0.4, -0.2) is 13.2 Å². The first-order chi connectivity index (χ1) is 9.45. The predicted octanol–water partition coefficient (Wildman–Crippen LogP) is 3.48. The van der Waals surface area contributed by atoms with Crippen LogP contribution < -0.4 is 5.32 Å². The maximum absolute atomic E-state index is 6.09. The number of rotatable bonds is 2. The minimum absolute atomic E-state index is 0.0890. The van der Waals surface area contributed by atoms with E-state index >= 15 is 0 Å². The van der Waals surface area contributed by atoms with Gasteiger partial charge in [0.2, 0.25) is 0 Å². The lowest BCUT2D eigenvalue weighted by atomic mass is 9.96. The van der Waals surface area contributed by atoms with Crippen LogP contribution in [0.3, 0.4) is 0 Å². The zero-order chi connectivity index (χ0) is 12.9. The number of hydrogen-bond acceptors (Lipinski definition) is 2. The van der Waals surface area contributed by atoms with E-state index in [1.165, 1.54) is 11.1 Å². The number of ether oxygens (including phenoxy) is 1. The van der Waals surface area contributed by atoms with E-state index in [2.05, 4.69) is 59.9 Å². The van der Waals surface area contributed by atoms with Crippen molar-refractivity contribution < 1.29 is 4.74 Å². The maximum Gasteiger partial charge on any atom is 0.102 e. The molecule has 2 nitrogen and oxygen atoms in total. The molecule has 2 heteroatoms. The lowest BCUT2D eigenvalue weighted by Gasteiger charge is -2.26. The van der Waals surface area contributed by atoms with Gasteiger partial charge in [-0.1, -0.05) is 60.7 Å². The van der Waals surface area contributed by atoms with Gasteiger partial charge < -0.3 is 10.1 Å². The first kappa shape index (κ1) is 12.4. The fourth-order valence-corrected chi connectivity index (χ4v) is 2.63. The van der Waals surface area contributed by atoms with Gasteiger partial charge in [-0.15, -0.1) is 0 Å². The van der Waals surface area contributed by atoms with Crippen molar-refractivity contribution in [3.63, 3.8) is 0 Å². The molecule has 0 spiro atoms. The highest BCUT2D eigenvalue weighted by molar-refractivity contribution is 5.26. The lowest BCUT2D eigenvalue weighted by molar-refractivity contribution is 0.0416. The van der Waals surface area contributed by atoms with Crippen molar-refractivity contribution in [1.82, 2.24) is 5.32 Å². The van der Waals surface area contributed by atoms with E-state index in [1.807, 2.05) is 6.07 Å². The summed E-state index contributed by atoms with van der Waals surface area (Å²) in [6.07, 6.45) is 1.15. The number of benzene rings is 2. The fraction of sp³-hybridized carbons (Fsp3) is 0.294. The molecule has 19 heavy (non-hydrogen) atoms. The van der Waals surface area contributed by atoms with Crippen LogP contribution in [0.15, 0.2) is 60.7 Å². The molecule has 0 bridgehead atoms. The molecule has 2 atom stereocenters. The summed E-state index contributed by atoms with van der Waals surface area (Å²) in [6, 6.07) is 21.3. The van der Waals surface area contributed by atoms with E-state index in [0.29, 0.717) is 0 Å². The highest BCUT2D eigenvalue weighted by Gasteiger charge is 2.26. The van der Waals surface area contributed by atoms with Crippen molar-refractivity contribution in [3.05, 3.63) is 71.8 Å². The van der Waals surface area contributed by atoms with Crippen LogP contribution in [0.1, 0.15) is 29.7 Å².